The van der Waals surface area contributed by atoms with E-state index in [4.69, 9.17) is 14.2 Å². The van der Waals surface area contributed by atoms with Crippen molar-refractivity contribution in [1.82, 2.24) is 0 Å². The monoisotopic (exact) mass is 264 g/mol. The molecule has 0 aliphatic heterocycles. The van der Waals surface area contributed by atoms with E-state index in [1.165, 1.54) is 14.2 Å². The summed E-state index contributed by atoms with van der Waals surface area (Å²) in [6, 6.07) is 3.40. The molecule has 19 heavy (non-hydrogen) atoms. The molecule has 1 aliphatic rings. The number of Topliss-reactive ketones (excluding diaryl/α,β-unsaturated/α-hetero) is 1. The molecule has 0 amide bonds. The number of ketones is 1. The van der Waals surface area contributed by atoms with E-state index in [9.17, 15) is 9.59 Å². The molecule has 0 spiro atoms. The predicted octanol–water partition coefficient (Wildman–Crippen LogP) is 1.62. The molecule has 102 valence electrons. The fourth-order valence-corrected chi connectivity index (χ4v) is 2.35. The molecular weight excluding hydrogens is 248 g/mol. The van der Waals surface area contributed by atoms with E-state index in [0.717, 1.165) is 0 Å². The van der Waals surface area contributed by atoms with Crippen molar-refractivity contribution in [1.29, 1.82) is 0 Å². The Morgan fingerprint density at radius 2 is 1.89 bits per heavy atom. The highest BCUT2D eigenvalue weighted by Gasteiger charge is 2.40. The second-order valence-corrected chi connectivity index (χ2v) is 4.20. The van der Waals surface area contributed by atoms with Gasteiger partial charge in [-0.15, -0.1) is 0 Å². The van der Waals surface area contributed by atoms with Crippen molar-refractivity contribution in [3.63, 3.8) is 0 Å². The summed E-state index contributed by atoms with van der Waals surface area (Å²) in [6.45, 7) is 1.97. The summed E-state index contributed by atoms with van der Waals surface area (Å²) in [5.41, 5.74) is 1.14. The number of hydrogen-bond donors (Lipinski definition) is 0. The Hall–Kier alpha value is -2.04. The topological polar surface area (TPSA) is 61.8 Å². The number of ether oxygens (including phenoxy) is 3. The van der Waals surface area contributed by atoms with E-state index < -0.39 is 11.9 Å². The first kappa shape index (κ1) is 13.4. The summed E-state index contributed by atoms with van der Waals surface area (Å²) in [4.78, 5) is 24.1. The largest absolute Gasteiger partial charge is 0.496 e. The van der Waals surface area contributed by atoms with Crippen LogP contribution in [0.15, 0.2) is 12.1 Å². The molecule has 1 atom stereocenters. The van der Waals surface area contributed by atoms with Crippen molar-refractivity contribution >= 4 is 11.8 Å². The van der Waals surface area contributed by atoms with Crippen LogP contribution < -0.4 is 9.47 Å². The van der Waals surface area contributed by atoms with Crippen LogP contribution in [-0.4, -0.2) is 32.6 Å². The molecule has 1 aromatic rings. The Bertz CT molecular complexity index is 521. The third-order valence-corrected chi connectivity index (χ3v) is 3.21. The van der Waals surface area contributed by atoms with Gasteiger partial charge in [-0.2, -0.15) is 0 Å². The maximum atomic E-state index is 12.3. The minimum Gasteiger partial charge on any atom is -0.496 e. The van der Waals surface area contributed by atoms with Crippen LogP contribution >= 0.6 is 0 Å². The molecule has 0 unspecified atom stereocenters. The van der Waals surface area contributed by atoms with Crippen molar-refractivity contribution in [3.05, 3.63) is 23.3 Å². The molecule has 1 aliphatic carbocycles. The molecule has 5 heteroatoms. The van der Waals surface area contributed by atoms with Gasteiger partial charge in [0.2, 0.25) is 0 Å². The summed E-state index contributed by atoms with van der Waals surface area (Å²) < 4.78 is 15.4. The molecule has 0 bridgehead atoms. The van der Waals surface area contributed by atoms with E-state index in [1.807, 2.05) is 0 Å². The van der Waals surface area contributed by atoms with Gasteiger partial charge in [0, 0.05) is 5.56 Å². The van der Waals surface area contributed by atoms with E-state index in [2.05, 4.69) is 0 Å². The number of esters is 1. The van der Waals surface area contributed by atoms with E-state index in [-0.39, 0.29) is 12.4 Å². The lowest BCUT2D eigenvalue weighted by Gasteiger charge is -2.09. The molecule has 0 heterocycles. The van der Waals surface area contributed by atoms with Gasteiger partial charge in [-0.05, 0) is 25.5 Å². The quantitative estimate of drug-likeness (QED) is 0.611. The van der Waals surface area contributed by atoms with Gasteiger partial charge in [0.05, 0.1) is 26.4 Å². The van der Waals surface area contributed by atoms with Crippen molar-refractivity contribution in [2.75, 3.05) is 20.8 Å². The minimum atomic E-state index is -0.792. The lowest BCUT2D eigenvalue weighted by Crippen LogP contribution is -2.23. The summed E-state index contributed by atoms with van der Waals surface area (Å²) >= 11 is 0. The SMILES string of the molecule is CCOC(=O)[C@@H]1Cc2c(OC)ccc(OC)c2C1=O. The van der Waals surface area contributed by atoms with Crippen molar-refractivity contribution < 1.29 is 23.8 Å². The molecule has 0 radical (unpaired) electrons. The smallest absolute Gasteiger partial charge is 0.317 e. The Kier molecular flexibility index (Phi) is 3.74. The predicted molar refractivity (Wildman–Crippen MR) is 67.7 cm³/mol. The van der Waals surface area contributed by atoms with Crippen LogP contribution in [0.3, 0.4) is 0 Å². The lowest BCUT2D eigenvalue weighted by molar-refractivity contribution is -0.145. The van der Waals surface area contributed by atoms with Gasteiger partial charge in [0.1, 0.15) is 17.4 Å². The van der Waals surface area contributed by atoms with E-state index in [0.29, 0.717) is 29.0 Å². The second-order valence-electron chi connectivity index (χ2n) is 4.20. The zero-order valence-corrected chi connectivity index (χ0v) is 11.2. The third-order valence-electron chi connectivity index (χ3n) is 3.21. The normalized spacial score (nSPS) is 17.0. The van der Waals surface area contributed by atoms with E-state index >= 15 is 0 Å². The Balaban J connectivity index is 2.43. The van der Waals surface area contributed by atoms with Crippen LogP contribution in [0.1, 0.15) is 22.8 Å². The molecule has 1 aromatic carbocycles. The van der Waals surface area contributed by atoms with Crippen molar-refractivity contribution in [2.24, 2.45) is 5.92 Å². The molecule has 0 saturated heterocycles. The number of rotatable bonds is 4. The summed E-state index contributed by atoms with van der Waals surface area (Å²) in [6.07, 6.45) is 0.299. The first-order valence-electron chi connectivity index (χ1n) is 6.08. The second kappa shape index (κ2) is 5.30. The van der Waals surface area contributed by atoms with Crippen LogP contribution in [0, 0.1) is 5.92 Å². The number of carbonyl (C=O) groups is 2. The molecule has 2 rings (SSSR count). The summed E-state index contributed by atoms with van der Waals surface area (Å²) in [5.74, 6) is -0.485. The first-order chi connectivity index (χ1) is 9.13. The average molecular weight is 264 g/mol. The van der Waals surface area contributed by atoms with Gasteiger partial charge >= 0.3 is 5.97 Å². The van der Waals surface area contributed by atoms with Crippen molar-refractivity contribution in [2.45, 2.75) is 13.3 Å². The van der Waals surface area contributed by atoms with Crippen LogP contribution in [0.5, 0.6) is 11.5 Å². The maximum Gasteiger partial charge on any atom is 0.317 e. The van der Waals surface area contributed by atoms with Crippen LogP contribution in [0.2, 0.25) is 0 Å². The van der Waals surface area contributed by atoms with Crippen LogP contribution in [0.25, 0.3) is 0 Å². The molecule has 0 aromatic heterocycles. The van der Waals surface area contributed by atoms with Gasteiger partial charge < -0.3 is 14.2 Å². The fraction of sp³-hybridized carbons (Fsp3) is 0.429. The standard InChI is InChI=1S/C14H16O5/c1-4-19-14(16)9-7-8-10(17-2)5-6-11(18-3)12(8)13(9)15/h5-6,9H,4,7H2,1-3H3/t9-/m1/s1. The van der Waals surface area contributed by atoms with Crippen LogP contribution in [-0.2, 0) is 16.0 Å². The number of methoxy groups -OCH3 is 2. The highest BCUT2D eigenvalue weighted by molar-refractivity contribution is 6.14. The summed E-state index contributed by atoms with van der Waals surface area (Å²) in [7, 11) is 3.03. The molecule has 0 saturated carbocycles. The maximum absolute atomic E-state index is 12.3. The van der Waals surface area contributed by atoms with Gasteiger partial charge in [-0.3, -0.25) is 9.59 Å². The molecular formula is C14H16O5. The van der Waals surface area contributed by atoms with Gasteiger partial charge in [0.15, 0.2) is 5.78 Å². The Morgan fingerprint density at radius 3 is 2.47 bits per heavy atom. The Labute approximate surface area is 111 Å². The van der Waals surface area contributed by atoms with E-state index in [1.54, 1.807) is 19.1 Å². The molecule has 0 fully saturated rings. The fourth-order valence-electron chi connectivity index (χ4n) is 2.35. The zero-order valence-electron chi connectivity index (χ0n) is 11.2. The highest BCUT2D eigenvalue weighted by Crippen LogP contribution is 2.39. The van der Waals surface area contributed by atoms with Crippen molar-refractivity contribution in [3.8, 4) is 11.5 Å². The number of hydrogen-bond acceptors (Lipinski definition) is 5. The minimum absolute atomic E-state index is 0.257. The van der Waals surface area contributed by atoms with Gasteiger partial charge in [-0.1, -0.05) is 0 Å². The summed E-state index contributed by atoms with van der Waals surface area (Å²) in [5, 5.41) is 0. The zero-order chi connectivity index (χ0) is 14.0. The molecule has 0 N–H and O–H groups in total. The lowest BCUT2D eigenvalue weighted by atomic mass is 10.1. The Morgan fingerprint density at radius 1 is 1.26 bits per heavy atom. The number of fused-ring (bicyclic) bond motifs is 1. The number of carbonyl (C=O) groups excluding carboxylic acids is 2. The molecule has 5 nitrogen and oxygen atoms in total. The first-order valence-corrected chi connectivity index (χ1v) is 6.08. The highest BCUT2D eigenvalue weighted by atomic mass is 16.5. The van der Waals surface area contributed by atoms with Crippen LogP contribution in [0.4, 0.5) is 0 Å². The third kappa shape index (κ3) is 2.16. The van der Waals surface area contributed by atoms with Gasteiger partial charge in [0.25, 0.3) is 0 Å². The average Bonchev–Trinajstić information content (AvgIpc) is 2.76. The van der Waals surface area contributed by atoms with Gasteiger partial charge in [-0.25, -0.2) is 0 Å². The number of benzene rings is 1.